The zero-order chi connectivity index (χ0) is 48.4. The fourth-order valence-corrected chi connectivity index (χ4v) is 12.9. The van der Waals surface area contributed by atoms with Crippen LogP contribution in [-0.2, 0) is 13.0 Å². The first-order valence-electron chi connectivity index (χ1n) is 25.8. The van der Waals surface area contributed by atoms with Gasteiger partial charge in [0.25, 0.3) is 0 Å². The standard InChI is InChI=1S/C70H46N4.CH4/c1-2-18-46(19-3-1)49-42-45(40-41-71-61-30-12-8-26-53(61)57-36-37-58-55-28-10-14-32-65(55)73(68(58)67(57)71)62-34-16-22-47-20-4-6-24-51(47)62)43-50(44-49)72-64-31-13-9-27-54(64)59-38-39-60-56-29-11-15-33-66(56)74(70(60)69(59)72)63-35-17-23-48-21-5-7-25-52(48)63;/h1-39,42-44H,40-41H2;1H4. The summed E-state index contributed by atoms with van der Waals surface area (Å²) in [4.78, 5) is 0. The van der Waals surface area contributed by atoms with E-state index < -0.39 is 0 Å². The Kier molecular flexibility index (Phi) is 9.58. The van der Waals surface area contributed by atoms with E-state index in [1.807, 2.05) is 0 Å². The van der Waals surface area contributed by atoms with Gasteiger partial charge in [0, 0.05) is 71.6 Å². The molecule has 0 aliphatic rings. The number of benzene rings is 12. The van der Waals surface area contributed by atoms with Crippen LogP contribution >= 0.6 is 0 Å². The van der Waals surface area contributed by atoms with Crippen LogP contribution in [0.3, 0.4) is 0 Å². The summed E-state index contributed by atoms with van der Waals surface area (Å²) in [7, 11) is 0. The van der Waals surface area contributed by atoms with Crippen LogP contribution in [0.15, 0.2) is 255 Å². The maximum absolute atomic E-state index is 2.62. The molecule has 0 amide bonds. The molecule has 4 aromatic heterocycles. The Morgan fingerprint density at radius 1 is 0.267 bits per heavy atom. The quantitative estimate of drug-likeness (QED) is 0.152. The highest BCUT2D eigenvalue weighted by Gasteiger charge is 2.24. The van der Waals surface area contributed by atoms with E-state index in [4.69, 9.17) is 0 Å². The van der Waals surface area contributed by atoms with Crippen molar-refractivity contribution in [3.05, 3.63) is 260 Å². The van der Waals surface area contributed by atoms with Crippen molar-refractivity contribution < 1.29 is 0 Å². The Hall–Kier alpha value is -9.64. The van der Waals surface area contributed by atoms with Crippen molar-refractivity contribution in [2.24, 2.45) is 0 Å². The molecular formula is C71H50N4. The summed E-state index contributed by atoms with van der Waals surface area (Å²) in [5.41, 5.74) is 17.0. The lowest BCUT2D eigenvalue weighted by molar-refractivity contribution is 0.745. The van der Waals surface area contributed by atoms with Gasteiger partial charge in [-0.2, -0.15) is 0 Å². The molecule has 0 N–H and O–H groups in total. The van der Waals surface area contributed by atoms with Crippen LogP contribution in [0.2, 0.25) is 0 Å². The van der Waals surface area contributed by atoms with E-state index in [2.05, 4.69) is 273 Å². The lowest BCUT2D eigenvalue weighted by atomic mass is 10.00. The molecule has 0 saturated heterocycles. The maximum Gasteiger partial charge on any atom is 0.0789 e. The van der Waals surface area contributed by atoms with Gasteiger partial charge in [0.15, 0.2) is 0 Å². The largest absolute Gasteiger partial charge is 0.338 e. The molecule has 4 nitrogen and oxygen atoms in total. The number of aryl methyl sites for hydroxylation is 2. The fourth-order valence-electron chi connectivity index (χ4n) is 12.9. The minimum absolute atomic E-state index is 0. The predicted molar refractivity (Wildman–Crippen MR) is 320 cm³/mol. The van der Waals surface area contributed by atoms with Gasteiger partial charge in [-0.25, -0.2) is 0 Å². The van der Waals surface area contributed by atoms with Crippen LogP contribution in [-0.4, -0.2) is 18.3 Å². The van der Waals surface area contributed by atoms with E-state index in [-0.39, 0.29) is 7.43 Å². The number of nitrogens with zero attached hydrogens (tertiary/aromatic N) is 4. The summed E-state index contributed by atoms with van der Waals surface area (Å²) < 4.78 is 10.3. The predicted octanol–water partition coefficient (Wildman–Crippen LogP) is 18.9. The van der Waals surface area contributed by atoms with E-state index in [0.717, 1.165) is 18.7 Å². The SMILES string of the molecule is C.c1ccc(-c2cc(CCn3c4ccccc4c4ccc5c6ccccc6n(-c6cccc7ccccc67)c5c43)cc(-n3c4ccccc4c4ccc5c6ccccc6n(-c6cccc7ccccc67)c5c43)c2)cc1. The molecule has 0 fully saturated rings. The molecule has 4 heterocycles. The van der Waals surface area contributed by atoms with Gasteiger partial charge in [0.1, 0.15) is 0 Å². The highest BCUT2D eigenvalue weighted by Crippen LogP contribution is 2.45. The van der Waals surface area contributed by atoms with Gasteiger partial charge in [-0.05, 0) is 82.4 Å². The second-order valence-corrected chi connectivity index (χ2v) is 19.9. The number of fused-ring (bicyclic) bond motifs is 16. The Morgan fingerprint density at radius 2 is 0.667 bits per heavy atom. The smallest absolute Gasteiger partial charge is 0.0789 e. The lowest BCUT2D eigenvalue weighted by Gasteiger charge is -2.17. The molecule has 16 rings (SSSR count). The third kappa shape index (κ3) is 6.30. The van der Waals surface area contributed by atoms with Gasteiger partial charge in [-0.1, -0.05) is 214 Å². The second-order valence-electron chi connectivity index (χ2n) is 19.9. The van der Waals surface area contributed by atoms with Crippen LogP contribution in [0, 0.1) is 0 Å². The highest BCUT2D eigenvalue weighted by atomic mass is 15.1. The molecule has 354 valence electrons. The Bertz CT molecular complexity index is 4950. The van der Waals surface area contributed by atoms with Gasteiger partial charge < -0.3 is 18.3 Å². The van der Waals surface area contributed by atoms with Crippen molar-refractivity contribution in [1.29, 1.82) is 0 Å². The summed E-state index contributed by atoms with van der Waals surface area (Å²) in [5, 5.41) is 14.9. The first-order chi connectivity index (χ1) is 36.7. The molecule has 75 heavy (non-hydrogen) atoms. The van der Waals surface area contributed by atoms with Gasteiger partial charge in [-0.3, -0.25) is 0 Å². The summed E-state index contributed by atoms with van der Waals surface area (Å²) >= 11 is 0. The van der Waals surface area contributed by atoms with Crippen LogP contribution < -0.4 is 0 Å². The molecule has 0 atom stereocenters. The first kappa shape index (κ1) is 43.0. The van der Waals surface area contributed by atoms with Gasteiger partial charge in [0.2, 0.25) is 0 Å². The first-order valence-corrected chi connectivity index (χ1v) is 25.8. The molecular weight excluding hydrogens is 909 g/mol. The van der Waals surface area contributed by atoms with Crippen molar-refractivity contribution in [2.45, 2.75) is 20.4 Å². The number of para-hydroxylation sites is 4. The zero-order valence-corrected chi connectivity index (χ0v) is 40.5. The average Bonchev–Trinajstić information content (AvgIpc) is 4.34. The molecule has 0 bridgehead atoms. The summed E-state index contributed by atoms with van der Waals surface area (Å²) in [6.45, 7) is 0.782. The topological polar surface area (TPSA) is 19.7 Å². The number of rotatable bonds is 7. The molecule has 0 aliphatic heterocycles. The third-order valence-electron chi connectivity index (χ3n) is 16.0. The van der Waals surface area contributed by atoms with E-state index in [9.17, 15) is 0 Å². The Balaban J connectivity index is 0.00000495. The maximum atomic E-state index is 2.62. The van der Waals surface area contributed by atoms with Crippen molar-refractivity contribution in [1.82, 2.24) is 18.3 Å². The van der Waals surface area contributed by atoms with E-state index in [1.165, 1.54) is 137 Å². The summed E-state index contributed by atoms with van der Waals surface area (Å²) in [6, 6.07) is 94.6. The number of hydrogen-bond donors (Lipinski definition) is 0. The molecule has 0 radical (unpaired) electrons. The molecule has 12 aromatic carbocycles. The second kappa shape index (κ2) is 16.7. The highest BCUT2D eigenvalue weighted by molar-refractivity contribution is 6.25. The lowest BCUT2D eigenvalue weighted by Crippen LogP contribution is -2.05. The average molecular weight is 959 g/mol. The number of hydrogen-bond acceptors (Lipinski definition) is 0. The van der Waals surface area contributed by atoms with Crippen LogP contribution in [0.25, 0.3) is 137 Å². The van der Waals surface area contributed by atoms with E-state index in [0.29, 0.717) is 0 Å². The summed E-state index contributed by atoms with van der Waals surface area (Å²) in [6.07, 6.45) is 0.815. The minimum atomic E-state index is 0. The fraction of sp³-hybridized carbons (Fsp3) is 0.0423. The van der Waals surface area contributed by atoms with E-state index >= 15 is 0 Å². The van der Waals surface area contributed by atoms with Gasteiger partial charge >= 0.3 is 0 Å². The van der Waals surface area contributed by atoms with Gasteiger partial charge in [-0.15, -0.1) is 0 Å². The summed E-state index contributed by atoms with van der Waals surface area (Å²) in [5.74, 6) is 0. The third-order valence-corrected chi connectivity index (χ3v) is 16.0. The molecule has 0 saturated carbocycles. The molecule has 0 spiro atoms. The van der Waals surface area contributed by atoms with Gasteiger partial charge in [0.05, 0.1) is 50.0 Å². The van der Waals surface area contributed by atoms with Crippen LogP contribution in [0.4, 0.5) is 0 Å². The zero-order valence-electron chi connectivity index (χ0n) is 40.5. The van der Waals surface area contributed by atoms with Crippen molar-refractivity contribution in [2.75, 3.05) is 0 Å². The molecule has 0 aliphatic carbocycles. The molecule has 16 aromatic rings. The molecule has 0 unspecified atom stereocenters. The van der Waals surface area contributed by atoms with Crippen LogP contribution in [0.5, 0.6) is 0 Å². The number of aromatic nitrogens is 4. The Labute approximate surface area is 433 Å². The van der Waals surface area contributed by atoms with Crippen molar-refractivity contribution >= 4 is 109 Å². The minimum Gasteiger partial charge on any atom is -0.338 e. The van der Waals surface area contributed by atoms with Crippen molar-refractivity contribution in [3.63, 3.8) is 0 Å². The Morgan fingerprint density at radius 3 is 1.21 bits per heavy atom. The molecule has 4 heteroatoms. The monoisotopic (exact) mass is 958 g/mol. The van der Waals surface area contributed by atoms with Crippen LogP contribution in [0.1, 0.15) is 13.0 Å². The normalized spacial score (nSPS) is 12.0. The van der Waals surface area contributed by atoms with Crippen molar-refractivity contribution in [3.8, 4) is 28.2 Å². The van der Waals surface area contributed by atoms with E-state index in [1.54, 1.807) is 0 Å².